The molecule has 0 aliphatic carbocycles. The molecule has 0 aliphatic heterocycles. The minimum atomic E-state index is -0.0900. The number of amides is 1. The molecule has 0 fully saturated rings. The van der Waals surface area contributed by atoms with Gasteiger partial charge < -0.3 is 4.90 Å². The van der Waals surface area contributed by atoms with E-state index in [-0.39, 0.29) is 5.91 Å². The molecular weight excluding hydrogens is 418 g/mol. The van der Waals surface area contributed by atoms with Gasteiger partial charge in [0.1, 0.15) is 11.3 Å². The maximum absolute atomic E-state index is 13.7. The highest BCUT2D eigenvalue weighted by Crippen LogP contribution is 2.34. The number of hydrogen-bond donors (Lipinski definition) is 0. The largest absolute Gasteiger partial charge is 0.309 e. The van der Waals surface area contributed by atoms with Crippen LogP contribution < -0.4 is 4.90 Å². The molecule has 3 aromatic heterocycles. The van der Waals surface area contributed by atoms with E-state index in [1.807, 2.05) is 68.9 Å². The van der Waals surface area contributed by atoms with Crippen molar-refractivity contribution in [1.82, 2.24) is 19.3 Å². The second kappa shape index (κ2) is 8.34. The third kappa shape index (κ3) is 3.80. The van der Waals surface area contributed by atoms with Gasteiger partial charge in [0.05, 0.1) is 15.9 Å². The summed E-state index contributed by atoms with van der Waals surface area (Å²) in [5.74, 6) is -0.0900. The van der Waals surface area contributed by atoms with Crippen LogP contribution in [0.3, 0.4) is 0 Å². The summed E-state index contributed by atoms with van der Waals surface area (Å²) in [6.07, 6.45) is 2.72. The number of aryl methyl sites for hydroxylation is 2. The lowest BCUT2D eigenvalue weighted by Gasteiger charge is -2.21. The molecule has 0 radical (unpaired) electrons. The zero-order valence-corrected chi connectivity index (χ0v) is 19.1. The number of carbonyl (C=O) groups excluding carboxylic acids is 1. The Balaban J connectivity index is 1.79. The van der Waals surface area contributed by atoms with Gasteiger partial charge in [-0.2, -0.15) is 0 Å². The standard InChI is InChI=1S/C22H24ClN5OS/c1-14-16(23)9-10-17-19(14)25-22(30-17)28(13-7-11-26(3)4)21(29)20-15(2)24-18-8-5-6-12-27(18)20/h5-6,8-10,12H,7,11,13H2,1-4H3. The Hall–Kier alpha value is -2.48. The minimum Gasteiger partial charge on any atom is -0.309 e. The highest BCUT2D eigenvalue weighted by Gasteiger charge is 2.26. The highest BCUT2D eigenvalue weighted by atomic mass is 35.5. The fourth-order valence-electron chi connectivity index (χ4n) is 3.53. The summed E-state index contributed by atoms with van der Waals surface area (Å²) < 4.78 is 2.87. The first-order valence-electron chi connectivity index (χ1n) is 9.82. The van der Waals surface area contributed by atoms with Crippen molar-refractivity contribution in [1.29, 1.82) is 0 Å². The number of aromatic nitrogens is 3. The van der Waals surface area contributed by atoms with Gasteiger partial charge in [-0.25, -0.2) is 9.97 Å². The summed E-state index contributed by atoms with van der Waals surface area (Å²) in [5, 5.41) is 1.37. The number of anilines is 1. The molecule has 0 atom stereocenters. The van der Waals surface area contributed by atoms with Gasteiger partial charge in [-0.3, -0.25) is 14.1 Å². The van der Waals surface area contributed by atoms with Crippen LogP contribution in [0, 0.1) is 13.8 Å². The van der Waals surface area contributed by atoms with E-state index in [4.69, 9.17) is 16.6 Å². The molecule has 30 heavy (non-hydrogen) atoms. The van der Waals surface area contributed by atoms with Crippen molar-refractivity contribution in [3.8, 4) is 0 Å². The topological polar surface area (TPSA) is 53.7 Å². The van der Waals surface area contributed by atoms with E-state index in [2.05, 4.69) is 9.88 Å². The molecule has 0 N–H and O–H groups in total. The summed E-state index contributed by atoms with van der Waals surface area (Å²) in [6.45, 7) is 5.29. The van der Waals surface area contributed by atoms with Crippen molar-refractivity contribution in [3.05, 3.63) is 58.5 Å². The fourth-order valence-corrected chi connectivity index (χ4v) is 4.73. The second-order valence-corrected chi connectivity index (χ2v) is 9.02. The predicted octanol–water partition coefficient (Wildman–Crippen LogP) is 4.81. The van der Waals surface area contributed by atoms with E-state index >= 15 is 0 Å². The Labute approximate surface area is 184 Å². The third-order valence-corrected chi connectivity index (χ3v) is 6.56. The van der Waals surface area contributed by atoms with E-state index in [0.717, 1.165) is 34.4 Å². The van der Waals surface area contributed by atoms with Crippen molar-refractivity contribution in [2.75, 3.05) is 32.1 Å². The monoisotopic (exact) mass is 441 g/mol. The van der Waals surface area contributed by atoms with Crippen LogP contribution in [0.5, 0.6) is 0 Å². The molecule has 8 heteroatoms. The van der Waals surface area contributed by atoms with Crippen molar-refractivity contribution in [2.24, 2.45) is 0 Å². The van der Waals surface area contributed by atoms with E-state index < -0.39 is 0 Å². The Morgan fingerprint density at radius 3 is 2.70 bits per heavy atom. The van der Waals surface area contributed by atoms with Gasteiger partial charge in [0.2, 0.25) is 0 Å². The van der Waals surface area contributed by atoms with Crippen LogP contribution >= 0.6 is 22.9 Å². The number of nitrogens with zero attached hydrogens (tertiary/aromatic N) is 5. The van der Waals surface area contributed by atoms with Crippen LogP contribution in [0.1, 0.15) is 28.2 Å². The molecular formula is C22H24ClN5OS. The molecule has 0 aliphatic rings. The second-order valence-electron chi connectivity index (χ2n) is 7.60. The molecule has 0 saturated carbocycles. The molecule has 0 spiro atoms. The summed E-state index contributed by atoms with van der Waals surface area (Å²) in [4.78, 5) is 27.0. The summed E-state index contributed by atoms with van der Waals surface area (Å²) in [5.41, 5.74) is 3.83. The molecule has 0 bridgehead atoms. The number of benzene rings is 1. The Kier molecular flexibility index (Phi) is 5.77. The first-order valence-corrected chi connectivity index (χ1v) is 11.0. The lowest BCUT2D eigenvalue weighted by molar-refractivity contribution is 0.0979. The SMILES string of the molecule is Cc1nc2ccccn2c1C(=O)N(CCCN(C)C)c1nc2c(C)c(Cl)ccc2s1. The third-order valence-electron chi connectivity index (χ3n) is 5.11. The van der Waals surface area contributed by atoms with Crippen molar-refractivity contribution in [2.45, 2.75) is 20.3 Å². The number of halogens is 1. The number of carbonyl (C=O) groups is 1. The molecule has 0 saturated heterocycles. The normalized spacial score (nSPS) is 11.7. The number of rotatable bonds is 6. The van der Waals surface area contributed by atoms with Gasteiger partial charge in [0, 0.05) is 17.8 Å². The average molecular weight is 442 g/mol. The van der Waals surface area contributed by atoms with Gasteiger partial charge >= 0.3 is 0 Å². The number of thiazole rings is 1. The molecule has 4 rings (SSSR count). The summed E-state index contributed by atoms with van der Waals surface area (Å²) in [6, 6.07) is 9.58. The van der Waals surface area contributed by atoms with Crippen LogP contribution in [0.4, 0.5) is 5.13 Å². The summed E-state index contributed by atoms with van der Waals surface area (Å²) in [7, 11) is 4.06. The maximum atomic E-state index is 13.7. The number of hydrogen-bond acceptors (Lipinski definition) is 5. The number of fused-ring (bicyclic) bond motifs is 2. The van der Waals surface area contributed by atoms with Gasteiger partial charge in [0.25, 0.3) is 5.91 Å². The highest BCUT2D eigenvalue weighted by molar-refractivity contribution is 7.22. The van der Waals surface area contributed by atoms with Gasteiger partial charge in [-0.1, -0.05) is 29.0 Å². The van der Waals surface area contributed by atoms with Crippen LogP contribution in [0.25, 0.3) is 15.9 Å². The van der Waals surface area contributed by atoms with E-state index in [9.17, 15) is 4.79 Å². The molecule has 6 nitrogen and oxygen atoms in total. The lowest BCUT2D eigenvalue weighted by atomic mass is 10.2. The minimum absolute atomic E-state index is 0.0900. The predicted molar refractivity (Wildman–Crippen MR) is 124 cm³/mol. The van der Waals surface area contributed by atoms with Gasteiger partial charge in [0.15, 0.2) is 5.13 Å². The quantitative estimate of drug-likeness (QED) is 0.430. The zero-order valence-electron chi connectivity index (χ0n) is 17.5. The van der Waals surface area contributed by atoms with Crippen LogP contribution in [-0.4, -0.2) is 52.4 Å². The summed E-state index contributed by atoms with van der Waals surface area (Å²) >= 11 is 7.81. The zero-order chi connectivity index (χ0) is 21.4. The smallest absolute Gasteiger partial charge is 0.278 e. The van der Waals surface area contributed by atoms with Gasteiger partial charge in [-0.15, -0.1) is 0 Å². The molecule has 156 valence electrons. The molecule has 0 unspecified atom stereocenters. The molecule has 1 aromatic carbocycles. The van der Waals surface area contributed by atoms with Crippen molar-refractivity contribution in [3.63, 3.8) is 0 Å². The maximum Gasteiger partial charge on any atom is 0.278 e. The average Bonchev–Trinajstić information content (AvgIpc) is 3.28. The first-order chi connectivity index (χ1) is 14.4. The van der Waals surface area contributed by atoms with Gasteiger partial charge in [-0.05, 0) is 70.7 Å². The van der Waals surface area contributed by atoms with Crippen LogP contribution in [0.15, 0.2) is 36.5 Å². The van der Waals surface area contributed by atoms with Crippen LogP contribution in [0.2, 0.25) is 5.02 Å². The Morgan fingerprint density at radius 1 is 1.13 bits per heavy atom. The van der Waals surface area contributed by atoms with Crippen molar-refractivity contribution < 1.29 is 4.79 Å². The van der Waals surface area contributed by atoms with E-state index in [1.54, 1.807) is 4.90 Å². The van der Waals surface area contributed by atoms with Crippen LogP contribution in [-0.2, 0) is 0 Å². The van der Waals surface area contributed by atoms with E-state index in [0.29, 0.717) is 28.1 Å². The Morgan fingerprint density at radius 2 is 1.93 bits per heavy atom. The lowest BCUT2D eigenvalue weighted by Crippen LogP contribution is -2.34. The van der Waals surface area contributed by atoms with E-state index in [1.165, 1.54) is 11.3 Å². The molecule has 1 amide bonds. The molecule has 4 aromatic rings. The molecule has 3 heterocycles. The fraction of sp³-hybridized carbons (Fsp3) is 0.318. The Bertz CT molecular complexity index is 1230. The number of imidazole rings is 1. The number of pyridine rings is 1. The first kappa shape index (κ1) is 20.8. The van der Waals surface area contributed by atoms with Crippen molar-refractivity contribution >= 4 is 49.8 Å².